The Morgan fingerprint density at radius 3 is 2.91 bits per heavy atom. The van der Waals surface area contributed by atoms with Gasteiger partial charge in [-0.3, -0.25) is 4.98 Å². The lowest BCUT2D eigenvalue weighted by Gasteiger charge is -2.26. The second-order valence-electron chi connectivity index (χ2n) is 4.92. The van der Waals surface area contributed by atoms with Gasteiger partial charge in [-0.25, -0.2) is 4.79 Å². The minimum absolute atomic E-state index is 0.0724. The molecular weight excluding hydrogens is 292 g/mol. The fourth-order valence-corrected chi connectivity index (χ4v) is 2.57. The molecule has 1 aromatic heterocycles. The number of anilines is 1. The van der Waals surface area contributed by atoms with E-state index in [0.717, 1.165) is 12.0 Å². The molecule has 2 aromatic rings. The number of pyridine rings is 1. The minimum atomic E-state index is -0.968. The SMILES string of the molecule is CC.O=C(O)c1ccncc1NCC1OCCc2ccccc21. The Bertz CT molecular complexity index is 658. The van der Waals surface area contributed by atoms with Gasteiger partial charge >= 0.3 is 5.97 Å². The van der Waals surface area contributed by atoms with Gasteiger partial charge in [0.25, 0.3) is 0 Å². The number of nitrogens with zero attached hydrogens (tertiary/aromatic N) is 1. The van der Waals surface area contributed by atoms with Crippen molar-refractivity contribution in [1.29, 1.82) is 0 Å². The quantitative estimate of drug-likeness (QED) is 0.903. The topological polar surface area (TPSA) is 71.5 Å². The van der Waals surface area contributed by atoms with Crippen LogP contribution in [0.25, 0.3) is 0 Å². The van der Waals surface area contributed by atoms with Crippen molar-refractivity contribution < 1.29 is 14.6 Å². The summed E-state index contributed by atoms with van der Waals surface area (Å²) in [5, 5.41) is 12.3. The van der Waals surface area contributed by atoms with Gasteiger partial charge in [-0.1, -0.05) is 38.1 Å². The van der Waals surface area contributed by atoms with Crippen molar-refractivity contribution in [3.8, 4) is 0 Å². The number of aromatic carboxylic acids is 1. The number of benzene rings is 1. The van der Waals surface area contributed by atoms with E-state index in [1.54, 1.807) is 0 Å². The highest BCUT2D eigenvalue weighted by Gasteiger charge is 2.20. The molecule has 0 fully saturated rings. The van der Waals surface area contributed by atoms with Crippen molar-refractivity contribution in [1.82, 2.24) is 4.98 Å². The van der Waals surface area contributed by atoms with E-state index < -0.39 is 5.97 Å². The van der Waals surface area contributed by atoms with Gasteiger partial charge in [-0.2, -0.15) is 0 Å². The summed E-state index contributed by atoms with van der Waals surface area (Å²) in [4.78, 5) is 15.1. The van der Waals surface area contributed by atoms with Crippen molar-refractivity contribution >= 4 is 11.7 Å². The molecule has 0 spiro atoms. The standard InChI is InChI=1S/C16H16N2O3.C2H6/c19-16(20)13-5-7-17-9-14(13)18-10-15-12-4-2-1-3-11(12)6-8-21-15;1-2/h1-5,7,9,15,18H,6,8,10H2,(H,19,20);1-2H3. The van der Waals surface area contributed by atoms with E-state index in [1.807, 2.05) is 26.0 Å². The Morgan fingerprint density at radius 1 is 1.35 bits per heavy atom. The zero-order valence-electron chi connectivity index (χ0n) is 13.5. The van der Waals surface area contributed by atoms with Gasteiger partial charge in [0, 0.05) is 12.7 Å². The zero-order valence-corrected chi connectivity index (χ0v) is 13.5. The van der Waals surface area contributed by atoms with Crippen LogP contribution in [0.2, 0.25) is 0 Å². The molecule has 1 aromatic carbocycles. The highest BCUT2D eigenvalue weighted by atomic mass is 16.5. The fraction of sp³-hybridized carbons (Fsp3) is 0.333. The number of aromatic nitrogens is 1. The molecule has 2 N–H and O–H groups in total. The third-order valence-corrected chi connectivity index (χ3v) is 3.62. The minimum Gasteiger partial charge on any atom is -0.478 e. The molecule has 3 rings (SSSR count). The van der Waals surface area contributed by atoms with Gasteiger partial charge in [-0.05, 0) is 23.6 Å². The van der Waals surface area contributed by atoms with Crippen LogP contribution in [-0.4, -0.2) is 29.2 Å². The molecule has 5 heteroatoms. The number of hydrogen-bond acceptors (Lipinski definition) is 4. The van der Waals surface area contributed by atoms with E-state index in [9.17, 15) is 4.79 Å². The lowest BCUT2D eigenvalue weighted by atomic mass is 9.97. The van der Waals surface area contributed by atoms with Crippen LogP contribution in [0.15, 0.2) is 42.7 Å². The van der Waals surface area contributed by atoms with Crippen LogP contribution < -0.4 is 5.32 Å². The summed E-state index contributed by atoms with van der Waals surface area (Å²) < 4.78 is 5.80. The molecule has 1 aliphatic rings. The van der Waals surface area contributed by atoms with Crippen LogP contribution in [0.4, 0.5) is 5.69 Å². The molecule has 122 valence electrons. The number of nitrogens with one attached hydrogen (secondary N) is 1. The molecule has 0 saturated heterocycles. The molecule has 1 unspecified atom stereocenters. The Labute approximate surface area is 136 Å². The number of fused-ring (bicyclic) bond motifs is 1. The molecule has 23 heavy (non-hydrogen) atoms. The first-order valence-electron chi connectivity index (χ1n) is 7.86. The van der Waals surface area contributed by atoms with Gasteiger partial charge in [0.15, 0.2) is 0 Å². The molecule has 0 amide bonds. The number of rotatable bonds is 4. The van der Waals surface area contributed by atoms with Gasteiger partial charge in [0.1, 0.15) is 0 Å². The lowest BCUT2D eigenvalue weighted by molar-refractivity contribution is 0.0512. The third-order valence-electron chi connectivity index (χ3n) is 3.62. The van der Waals surface area contributed by atoms with E-state index in [4.69, 9.17) is 9.84 Å². The highest BCUT2D eigenvalue weighted by Crippen LogP contribution is 2.27. The summed E-state index contributed by atoms with van der Waals surface area (Å²) in [7, 11) is 0. The predicted octanol–water partition coefficient (Wildman–Crippen LogP) is 3.53. The van der Waals surface area contributed by atoms with Crippen LogP contribution in [-0.2, 0) is 11.2 Å². The summed E-state index contributed by atoms with van der Waals surface area (Å²) in [6.45, 7) is 5.20. The largest absolute Gasteiger partial charge is 0.478 e. The summed E-state index contributed by atoms with van der Waals surface area (Å²) in [6.07, 6.45) is 3.84. The van der Waals surface area contributed by atoms with Crippen LogP contribution >= 0.6 is 0 Å². The monoisotopic (exact) mass is 314 g/mol. The molecule has 0 bridgehead atoms. The summed E-state index contributed by atoms with van der Waals surface area (Å²) in [5.41, 5.74) is 3.18. The predicted molar refractivity (Wildman–Crippen MR) is 89.9 cm³/mol. The maximum absolute atomic E-state index is 11.2. The van der Waals surface area contributed by atoms with E-state index >= 15 is 0 Å². The second-order valence-corrected chi connectivity index (χ2v) is 4.92. The van der Waals surface area contributed by atoms with Crippen LogP contribution in [0.3, 0.4) is 0 Å². The van der Waals surface area contributed by atoms with Crippen molar-refractivity contribution in [2.24, 2.45) is 0 Å². The first-order chi connectivity index (χ1) is 11.3. The van der Waals surface area contributed by atoms with Crippen molar-refractivity contribution in [2.75, 3.05) is 18.5 Å². The summed E-state index contributed by atoms with van der Waals surface area (Å²) >= 11 is 0. The van der Waals surface area contributed by atoms with Gasteiger partial charge in [0.2, 0.25) is 0 Å². The number of carbonyl (C=O) groups is 1. The van der Waals surface area contributed by atoms with E-state index in [0.29, 0.717) is 18.8 Å². The fourth-order valence-electron chi connectivity index (χ4n) is 2.57. The average Bonchev–Trinajstić information content (AvgIpc) is 2.62. The second kappa shape index (κ2) is 8.29. The molecule has 0 radical (unpaired) electrons. The Morgan fingerprint density at radius 2 is 2.13 bits per heavy atom. The molecule has 1 aliphatic heterocycles. The van der Waals surface area contributed by atoms with Crippen LogP contribution in [0.5, 0.6) is 0 Å². The van der Waals surface area contributed by atoms with Crippen molar-refractivity contribution in [3.05, 3.63) is 59.4 Å². The van der Waals surface area contributed by atoms with Crippen molar-refractivity contribution in [3.63, 3.8) is 0 Å². The van der Waals surface area contributed by atoms with E-state index in [-0.39, 0.29) is 11.7 Å². The molecule has 0 aliphatic carbocycles. The third kappa shape index (κ3) is 4.07. The number of ether oxygens (including phenoxy) is 1. The van der Waals surface area contributed by atoms with Gasteiger partial charge < -0.3 is 15.2 Å². The average molecular weight is 314 g/mol. The van der Waals surface area contributed by atoms with Crippen LogP contribution in [0, 0.1) is 0 Å². The van der Waals surface area contributed by atoms with E-state index in [2.05, 4.69) is 22.4 Å². The summed E-state index contributed by atoms with van der Waals surface area (Å²) in [6, 6.07) is 9.67. The van der Waals surface area contributed by atoms with E-state index in [1.165, 1.54) is 24.0 Å². The Balaban J connectivity index is 0.000000924. The molecule has 2 heterocycles. The summed E-state index contributed by atoms with van der Waals surface area (Å²) in [5.74, 6) is -0.968. The molecule has 0 saturated carbocycles. The first kappa shape index (κ1) is 17.0. The normalized spacial score (nSPS) is 15.8. The molecule has 1 atom stereocenters. The number of hydrogen-bond donors (Lipinski definition) is 2. The highest BCUT2D eigenvalue weighted by molar-refractivity contribution is 5.93. The molecule has 5 nitrogen and oxygen atoms in total. The number of carboxylic acid groups (broad SMARTS) is 1. The lowest BCUT2D eigenvalue weighted by Crippen LogP contribution is -2.23. The van der Waals surface area contributed by atoms with Gasteiger partial charge in [0.05, 0.1) is 30.2 Å². The maximum atomic E-state index is 11.2. The molecular formula is C18H22N2O3. The van der Waals surface area contributed by atoms with Crippen LogP contribution in [0.1, 0.15) is 41.4 Å². The first-order valence-corrected chi connectivity index (χ1v) is 7.86. The van der Waals surface area contributed by atoms with Gasteiger partial charge in [-0.15, -0.1) is 0 Å². The van der Waals surface area contributed by atoms with Crippen molar-refractivity contribution in [2.45, 2.75) is 26.4 Å². The Hall–Kier alpha value is -2.40. The zero-order chi connectivity index (χ0) is 16.7. The number of carboxylic acids is 1. The Kier molecular flexibility index (Phi) is 6.11. The maximum Gasteiger partial charge on any atom is 0.337 e. The smallest absolute Gasteiger partial charge is 0.337 e.